The number of fused-ring (bicyclic) bond motifs is 1. The highest BCUT2D eigenvalue weighted by Gasteiger charge is 2.24. The predicted octanol–water partition coefficient (Wildman–Crippen LogP) is 2.01. The Balaban J connectivity index is 1.97. The molecule has 0 aliphatic carbocycles. The number of carbonyl (C=O) groups excluding carboxylic acids is 1. The molecule has 0 saturated carbocycles. The summed E-state index contributed by atoms with van der Waals surface area (Å²) in [6.45, 7) is 6.36. The molecule has 0 unspecified atom stereocenters. The maximum Gasteiger partial charge on any atom is 0.331 e. The van der Waals surface area contributed by atoms with Crippen molar-refractivity contribution in [1.82, 2.24) is 9.13 Å². The zero-order valence-corrected chi connectivity index (χ0v) is 15.2. The first kappa shape index (κ1) is 17.9. The van der Waals surface area contributed by atoms with Crippen LogP contribution >= 0.6 is 0 Å². The lowest BCUT2D eigenvalue weighted by Gasteiger charge is -2.19. The fraction of sp³-hybridized carbons (Fsp3) is 0.400. The van der Waals surface area contributed by atoms with Crippen LogP contribution in [0.4, 0.5) is 0 Å². The molecule has 0 spiro atoms. The average molecular weight is 351 g/mol. The van der Waals surface area contributed by atoms with Crippen molar-refractivity contribution in [3.63, 3.8) is 0 Å². The van der Waals surface area contributed by atoms with E-state index in [1.54, 1.807) is 12.1 Å². The summed E-state index contributed by atoms with van der Waals surface area (Å²) in [7, 11) is 0. The molecule has 0 amide bonds. The van der Waals surface area contributed by atoms with E-state index < -0.39 is 11.2 Å². The number of hydrogen-bond donors (Lipinski definition) is 0. The fourth-order valence-electron chi connectivity index (χ4n) is 3.28. The fourth-order valence-corrected chi connectivity index (χ4v) is 3.28. The summed E-state index contributed by atoms with van der Waals surface area (Å²) >= 11 is 0. The number of rotatable bonds is 3. The topological polar surface area (TPSA) is 84.9 Å². The van der Waals surface area contributed by atoms with Crippen LogP contribution in [0.3, 0.4) is 0 Å². The van der Waals surface area contributed by atoms with Crippen molar-refractivity contribution in [2.24, 2.45) is 0 Å². The molecule has 2 heterocycles. The van der Waals surface area contributed by atoms with Gasteiger partial charge in [-0.2, -0.15) is 5.26 Å². The molecular weight excluding hydrogens is 330 g/mol. The first-order chi connectivity index (χ1) is 12.2. The maximum atomic E-state index is 12.6. The Morgan fingerprint density at radius 2 is 1.85 bits per heavy atom. The van der Waals surface area contributed by atoms with E-state index in [0.717, 1.165) is 16.6 Å². The average Bonchev–Trinajstić information content (AvgIpc) is 3.08. The second-order valence-corrected chi connectivity index (χ2v) is 7.61. The highest BCUT2D eigenvalue weighted by molar-refractivity contribution is 5.95. The molecule has 6 nitrogen and oxygen atoms in total. The molecule has 3 rings (SSSR count). The number of carbonyl (C=O) groups is 1. The number of Topliss-reactive ketones (excluding diaryl/α,β-unsaturated/α-hetero) is 1. The number of benzene rings is 1. The molecule has 0 radical (unpaired) electrons. The first-order valence-corrected chi connectivity index (χ1v) is 8.64. The van der Waals surface area contributed by atoms with E-state index in [1.807, 2.05) is 18.2 Å². The standard InChI is InChI=1S/C20H21N3O3/c1-20(2,3)14-8-6-13(7-9-14)17(24)12-23-18(25)15(11-21)16-5-4-10-22(16)19(23)26/h6-9H,4-5,10,12H2,1-3H3. The van der Waals surface area contributed by atoms with E-state index in [-0.39, 0.29) is 23.3 Å². The Labute approximate surface area is 151 Å². The van der Waals surface area contributed by atoms with Crippen LogP contribution in [0.2, 0.25) is 0 Å². The van der Waals surface area contributed by atoms with E-state index in [2.05, 4.69) is 20.8 Å². The second-order valence-electron chi connectivity index (χ2n) is 7.61. The van der Waals surface area contributed by atoms with Crippen molar-refractivity contribution < 1.29 is 4.79 Å². The van der Waals surface area contributed by atoms with Gasteiger partial charge in [0.25, 0.3) is 5.56 Å². The van der Waals surface area contributed by atoms with Gasteiger partial charge < -0.3 is 0 Å². The van der Waals surface area contributed by atoms with E-state index in [1.165, 1.54) is 4.57 Å². The summed E-state index contributed by atoms with van der Waals surface area (Å²) in [5, 5.41) is 9.29. The molecule has 0 atom stereocenters. The van der Waals surface area contributed by atoms with Gasteiger partial charge >= 0.3 is 5.69 Å². The van der Waals surface area contributed by atoms with Crippen molar-refractivity contribution in [3.8, 4) is 6.07 Å². The molecule has 6 heteroatoms. The van der Waals surface area contributed by atoms with Gasteiger partial charge in [-0.05, 0) is 23.8 Å². The van der Waals surface area contributed by atoms with Gasteiger partial charge in [0, 0.05) is 17.8 Å². The summed E-state index contributed by atoms with van der Waals surface area (Å²) in [6.07, 6.45) is 1.26. The van der Waals surface area contributed by atoms with Crippen LogP contribution in [-0.2, 0) is 24.9 Å². The molecule has 0 N–H and O–H groups in total. The van der Waals surface area contributed by atoms with Gasteiger partial charge in [-0.1, -0.05) is 45.0 Å². The van der Waals surface area contributed by atoms with Gasteiger partial charge in [0.1, 0.15) is 11.6 Å². The van der Waals surface area contributed by atoms with Gasteiger partial charge in [-0.15, -0.1) is 0 Å². The van der Waals surface area contributed by atoms with Crippen LogP contribution in [0, 0.1) is 11.3 Å². The van der Waals surface area contributed by atoms with Gasteiger partial charge in [0.2, 0.25) is 0 Å². The molecule has 1 aromatic carbocycles. The number of nitrogens with zero attached hydrogens (tertiary/aromatic N) is 3. The van der Waals surface area contributed by atoms with Crippen LogP contribution in [0.5, 0.6) is 0 Å². The molecule has 2 aromatic rings. The SMILES string of the molecule is CC(C)(C)c1ccc(C(=O)Cn2c(=O)c(C#N)c3n(c2=O)CCC3)cc1. The van der Waals surface area contributed by atoms with Crippen LogP contribution in [-0.4, -0.2) is 14.9 Å². The van der Waals surface area contributed by atoms with E-state index in [9.17, 15) is 19.6 Å². The molecule has 0 saturated heterocycles. The molecule has 134 valence electrons. The van der Waals surface area contributed by atoms with Crippen molar-refractivity contribution in [2.45, 2.75) is 52.1 Å². The zero-order valence-electron chi connectivity index (χ0n) is 15.2. The maximum absolute atomic E-state index is 12.6. The van der Waals surface area contributed by atoms with Gasteiger partial charge in [0.05, 0.1) is 6.54 Å². The van der Waals surface area contributed by atoms with E-state index in [4.69, 9.17) is 0 Å². The summed E-state index contributed by atoms with van der Waals surface area (Å²) < 4.78 is 2.32. The van der Waals surface area contributed by atoms with E-state index in [0.29, 0.717) is 24.2 Å². The lowest BCUT2D eigenvalue weighted by molar-refractivity contribution is 0.0968. The van der Waals surface area contributed by atoms with Crippen LogP contribution in [0.25, 0.3) is 0 Å². The predicted molar refractivity (Wildman–Crippen MR) is 97.5 cm³/mol. The Hall–Kier alpha value is -2.94. The second kappa shape index (κ2) is 6.41. The normalized spacial score (nSPS) is 13.3. The zero-order chi connectivity index (χ0) is 19.1. The van der Waals surface area contributed by atoms with Crippen LogP contribution in [0.1, 0.15) is 54.4 Å². The molecule has 1 aliphatic heterocycles. The van der Waals surface area contributed by atoms with Crippen LogP contribution in [0.15, 0.2) is 33.9 Å². The minimum absolute atomic E-state index is 0.0287. The number of nitriles is 1. The Morgan fingerprint density at radius 3 is 2.42 bits per heavy atom. The Kier molecular flexibility index (Phi) is 4.41. The van der Waals surface area contributed by atoms with Gasteiger partial charge in [-0.25, -0.2) is 4.79 Å². The van der Waals surface area contributed by atoms with Crippen molar-refractivity contribution in [1.29, 1.82) is 5.26 Å². The monoisotopic (exact) mass is 351 g/mol. The smallest absolute Gasteiger partial charge is 0.296 e. The van der Waals surface area contributed by atoms with Crippen molar-refractivity contribution in [2.75, 3.05) is 0 Å². The Bertz CT molecular complexity index is 1030. The number of aromatic nitrogens is 2. The van der Waals surface area contributed by atoms with Gasteiger partial charge in [-0.3, -0.25) is 18.7 Å². The first-order valence-electron chi connectivity index (χ1n) is 8.64. The number of hydrogen-bond acceptors (Lipinski definition) is 4. The van der Waals surface area contributed by atoms with Gasteiger partial charge in [0.15, 0.2) is 5.78 Å². The largest absolute Gasteiger partial charge is 0.331 e. The molecule has 0 fully saturated rings. The highest BCUT2D eigenvalue weighted by Crippen LogP contribution is 2.22. The van der Waals surface area contributed by atoms with Crippen molar-refractivity contribution >= 4 is 5.78 Å². The summed E-state index contributed by atoms with van der Waals surface area (Å²) in [6, 6.07) is 9.08. The molecule has 0 bridgehead atoms. The van der Waals surface area contributed by atoms with Crippen molar-refractivity contribution in [3.05, 3.63) is 67.5 Å². The lowest BCUT2D eigenvalue weighted by Crippen LogP contribution is -2.43. The summed E-state index contributed by atoms with van der Waals surface area (Å²) in [5.41, 5.74) is 0.771. The Morgan fingerprint density at radius 1 is 1.19 bits per heavy atom. The summed E-state index contributed by atoms with van der Waals surface area (Å²) in [5.74, 6) is -0.327. The lowest BCUT2D eigenvalue weighted by atomic mass is 9.86. The molecule has 26 heavy (non-hydrogen) atoms. The van der Waals surface area contributed by atoms with Crippen LogP contribution < -0.4 is 11.2 Å². The molecular formula is C20H21N3O3. The molecule has 1 aliphatic rings. The summed E-state index contributed by atoms with van der Waals surface area (Å²) in [4.78, 5) is 37.7. The quantitative estimate of drug-likeness (QED) is 0.792. The third-order valence-electron chi connectivity index (χ3n) is 4.82. The van der Waals surface area contributed by atoms with E-state index >= 15 is 0 Å². The third-order valence-corrected chi connectivity index (χ3v) is 4.82. The minimum Gasteiger partial charge on any atom is -0.296 e. The number of ketones is 1. The third kappa shape index (κ3) is 3.01. The minimum atomic E-state index is -0.676. The highest BCUT2D eigenvalue weighted by atomic mass is 16.2. The molecule has 1 aromatic heterocycles.